The van der Waals surface area contributed by atoms with Gasteiger partial charge in [0.15, 0.2) is 0 Å². The van der Waals surface area contributed by atoms with Crippen LogP contribution in [0.1, 0.15) is 20.3 Å². The number of carbonyl (C=O) groups excluding carboxylic acids is 2. The van der Waals surface area contributed by atoms with E-state index in [1.165, 1.54) is 29.2 Å². The van der Waals surface area contributed by atoms with Crippen LogP contribution in [0.3, 0.4) is 0 Å². The summed E-state index contributed by atoms with van der Waals surface area (Å²) in [7, 11) is 0. The normalized spacial score (nSPS) is 16.2. The number of nitrogens with zero attached hydrogens (tertiary/aromatic N) is 3. The molecule has 4 rings (SSSR count). The third-order valence-electron chi connectivity index (χ3n) is 4.74. The van der Waals surface area contributed by atoms with Crippen molar-refractivity contribution in [2.75, 3.05) is 16.8 Å². The molecule has 7 nitrogen and oxygen atoms in total. The summed E-state index contributed by atoms with van der Waals surface area (Å²) >= 11 is 1.72. The molecule has 0 radical (unpaired) electrons. The molecule has 0 bridgehead atoms. The third-order valence-corrected chi connectivity index (χ3v) is 5.74. The molecule has 1 N–H and O–H groups in total. The van der Waals surface area contributed by atoms with Crippen LogP contribution < -0.4 is 10.2 Å². The molecule has 1 aliphatic heterocycles. The molecule has 1 atom stereocenters. The maximum Gasteiger partial charge on any atom is 0.322 e. The molecular formula is C22H21FN4O3S. The molecule has 2 heterocycles. The summed E-state index contributed by atoms with van der Waals surface area (Å²) in [4.78, 5) is 27.5. The molecular weight excluding hydrogens is 419 g/mol. The first-order chi connectivity index (χ1) is 14.9. The number of hydrogen-bond acceptors (Lipinski definition) is 6. The van der Waals surface area contributed by atoms with Crippen LogP contribution in [0.2, 0.25) is 0 Å². The smallest absolute Gasteiger partial charge is 0.322 e. The maximum absolute atomic E-state index is 13.1. The second kappa shape index (κ2) is 8.89. The Labute approximate surface area is 183 Å². The maximum atomic E-state index is 13.1. The number of thioether (sulfide) groups is 1. The van der Waals surface area contributed by atoms with Crippen molar-refractivity contribution in [1.29, 1.82) is 0 Å². The van der Waals surface area contributed by atoms with Crippen LogP contribution in [0.25, 0.3) is 11.5 Å². The Bertz CT molecular complexity index is 1100. The van der Waals surface area contributed by atoms with Gasteiger partial charge in [0.1, 0.15) is 5.82 Å². The average Bonchev–Trinajstić information content (AvgIpc) is 3.35. The number of aromatic nitrogens is 2. The Morgan fingerprint density at radius 1 is 1.23 bits per heavy atom. The minimum Gasteiger partial charge on any atom is -0.403 e. The quantitative estimate of drug-likeness (QED) is 0.573. The lowest BCUT2D eigenvalue weighted by atomic mass is 10.1. The van der Waals surface area contributed by atoms with E-state index in [2.05, 4.69) is 29.4 Å². The van der Waals surface area contributed by atoms with Crippen LogP contribution in [0.5, 0.6) is 0 Å². The predicted molar refractivity (Wildman–Crippen MR) is 116 cm³/mol. The van der Waals surface area contributed by atoms with Gasteiger partial charge in [0.25, 0.3) is 0 Å². The van der Waals surface area contributed by atoms with E-state index in [9.17, 15) is 14.0 Å². The molecule has 2 aromatic carbocycles. The first-order valence-corrected chi connectivity index (χ1v) is 10.7. The Morgan fingerprint density at radius 3 is 2.74 bits per heavy atom. The fraction of sp³-hybridized carbons (Fsp3) is 0.273. The van der Waals surface area contributed by atoms with Gasteiger partial charge in [-0.15, -0.1) is 16.9 Å². The van der Waals surface area contributed by atoms with Crippen molar-refractivity contribution in [3.05, 3.63) is 54.3 Å². The Kier molecular flexibility index (Phi) is 6.03. The minimum absolute atomic E-state index is 0.0189. The number of halogens is 1. The van der Waals surface area contributed by atoms with E-state index in [0.717, 1.165) is 10.5 Å². The van der Waals surface area contributed by atoms with Gasteiger partial charge < -0.3 is 9.32 Å². The summed E-state index contributed by atoms with van der Waals surface area (Å²) in [5.74, 6) is -1.23. The van der Waals surface area contributed by atoms with Gasteiger partial charge in [0, 0.05) is 34.4 Å². The molecule has 0 saturated carbocycles. The molecule has 1 aromatic heterocycles. The first-order valence-electron chi connectivity index (χ1n) is 9.86. The molecule has 1 unspecified atom stereocenters. The van der Waals surface area contributed by atoms with E-state index in [-0.39, 0.29) is 36.6 Å². The number of carbonyl (C=O) groups is 2. The second-order valence-corrected chi connectivity index (χ2v) is 9.13. The highest BCUT2D eigenvalue weighted by atomic mass is 32.2. The number of nitrogens with one attached hydrogen (secondary N) is 1. The van der Waals surface area contributed by atoms with Crippen LogP contribution in [-0.2, 0) is 9.59 Å². The summed E-state index contributed by atoms with van der Waals surface area (Å²) < 4.78 is 18.7. The monoisotopic (exact) mass is 440 g/mol. The molecule has 2 amide bonds. The summed E-state index contributed by atoms with van der Waals surface area (Å²) in [5.41, 5.74) is 1.32. The van der Waals surface area contributed by atoms with Crippen LogP contribution in [0.4, 0.5) is 16.1 Å². The van der Waals surface area contributed by atoms with E-state index < -0.39 is 5.92 Å². The number of benzene rings is 2. The average molecular weight is 441 g/mol. The van der Waals surface area contributed by atoms with Gasteiger partial charge in [0.2, 0.25) is 17.7 Å². The largest absolute Gasteiger partial charge is 0.403 e. The second-order valence-electron chi connectivity index (χ2n) is 7.48. The van der Waals surface area contributed by atoms with E-state index in [0.29, 0.717) is 16.8 Å². The van der Waals surface area contributed by atoms with Crippen molar-refractivity contribution in [1.82, 2.24) is 10.2 Å². The predicted octanol–water partition coefficient (Wildman–Crippen LogP) is 4.37. The van der Waals surface area contributed by atoms with Crippen molar-refractivity contribution in [2.45, 2.75) is 30.4 Å². The van der Waals surface area contributed by atoms with Crippen molar-refractivity contribution in [3.63, 3.8) is 0 Å². The number of hydrogen-bond donors (Lipinski definition) is 1. The number of amides is 2. The minimum atomic E-state index is -0.571. The highest BCUT2D eigenvalue weighted by Gasteiger charge is 2.35. The van der Waals surface area contributed by atoms with Gasteiger partial charge in [-0.1, -0.05) is 25.0 Å². The fourth-order valence-corrected chi connectivity index (χ4v) is 4.22. The van der Waals surface area contributed by atoms with Crippen LogP contribution in [0, 0.1) is 11.7 Å². The molecule has 9 heteroatoms. The molecule has 0 aliphatic carbocycles. The molecule has 1 saturated heterocycles. The van der Waals surface area contributed by atoms with E-state index in [4.69, 9.17) is 4.42 Å². The van der Waals surface area contributed by atoms with Crippen LogP contribution in [0.15, 0.2) is 57.8 Å². The highest BCUT2D eigenvalue weighted by Crippen LogP contribution is 2.29. The van der Waals surface area contributed by atoms with Crippen molar-refractivity contribution < 1.29 is 18.4 Å². The topological polar surface area (TPSA) is 88.3 Å². The first kappa shape index (κ1) is 21.0. The van der Waals surface area contributed by atoms with Gasteiger partial charge >= 0.3 is 6.01 Å². The van der Waals surface area contributed by atoms with Crippen LogP contribution >= 0.6 is 11.8 Å². The third kappa shape index (κ3) is 4.93. The molecule has 1 aliphatic rings. The standard InChI is InChI=1S/C22H21FN4O3S/c1-13(2)31-18-5-3-4-14(10-18)21-25-26-22(30-21)24-20(29)15-11-19(28)27(12-15)17-8-6-16(23)7-9-17/h3-10,13,15H,11-12H2,1-2H3,(H,24,26,29). The SMILES string of the molecule is CC(C)Sc1cccc(-c2nnc(NC(=O)C3CC(=O)N(c4ccc(F)cc4)C3)o2)c1. The zero-order chi connectivity index (χ0) is 22.0. The van der Waals surface area contributed by atoms with Crippen molar-refractivity contribution in [2.24, 2.45) is 5.92 Å². The number of anilines is 2. The summed E-state index contributed by atoms with van der Waals surface area (Å²) in [6.45, 7) is 4.43. The summed E-state index contributed by atoms with van der Waals surface area (Å²) in [6, 6.07) is 13.3. The summed E-state index contributed by atoms with van der Waals surface area (Å²) in [5, 5.41) is 11.0. The van der Waals surface area contributed by atoms with Gasteiger partial charge in [-0.25, -0.2) is 4.39 Å². The zero-order valence-corrected chi connectivity index (χ0v) is 17.9. The number of rotatable bonds is 6. The molecule has 1 fully saturated rings. The lowest BCUT2D eigenvalue weighted by Gasteiger charge is -2.16. The lowest BCUT2D eigenvalue weighted by Crippen LogP contribution is -2.28. The Morgan fingerprint density at radius 2 is 2.00 bits per heavy atom. The van der Waals surface area contributed by atoms with Gasteiger partial charge in [0.05, 0.1) is 5.92 Å². The van der Waals surface area contributed by atoms with Crippen LogP contribution in [-0.4, -0.2) is 33.8 Å². The van der Waals surface area contributed by atoms with Gasteiger partial charge in [-0.05, 0) is 42.5 Å². The molecule has 3 aromatic rings. The van der Waals surface area contributed by atoms with E-state index in [1.807, 2.05) is 24.3 Å². The van der Waals surface area contributed by atoms with E-state index in [1.54, 1.807) is 11.8 Å². The molecule has 160 valence electrons. The summed E-state index contributed by atoms with van der Waals surface area (Å²) in [6.07, 6.45) is 0.0542. The van der Waals surface area contributed by atoms with Gasteiger partial charge in [-0.2, -0.15) is 0 Å². The fourth-order valence-electron chi connectivity index (χ4n) is 3.33. The van der Waals surface area contributed by atoms with Crippen molar-refractivity contribution >= 4 is 35.3 Å². The van der Waals surface area contributed by atoms with Crippen molar-refractivity contribution in [3.8, 4) is 11.5 Å². The lowest BCUT2D eigenvalue weighted by molar-refractivity contribution is -0.122. The molecule has 0 spiro atoms. The van der Waals surface area contributed by atoms with E-state index >= 15 is 0 Å². The Hall–Kier alpha value is -3.20. The Balaban J connectivity index is 1.41. The molecule has 31 heavy (non-hydrogen) atoms. The highest BCUT2D eigenvalue weighted by molar-refractivity contribution is 7.99. The zero-order valence-electron chi connectivity index (χ0n) is 17.0. The van der Waals surface area contributed by atoms with Gasteiger partial charge in [-0.3, -0.25) is 14.9 Å².